The van der Waals surface area contributed by atoms with Crippen molar-refractivity contribution in [3.05, 3.63) is 0 Å². The molecule has 0 heterocycles. The molecule has 0 rings (SSSR count). The van der Waals surface area contributed by atoms with Gasteiger partial charge in [0, 0.05) is 7.05 Å². The third kappa shape index (κ3) is 11.1. The lowest BCUT2D eigenvalue weighted by Crippen LogP contribution is -2.46. The molecule has 0 aromatic heterocycles. The van der Waals surface area contributed by atoms with E-state index in [0.29, 0.717) is 13.2 Å². The molecule has 148 valence electrons. The molecule has 0 fully saturated rings. The molecule has 0 aliphatic carbocycles. The third-order valence-corrected chi connectivity index (χ3v) is 4.25. The van der Waals surface area contributed by atoms with E-state index in [1.165, 1.54) is 43.4 Å². The van der Waals surface area contributed by atoms with Gasteiger partial charge in [0.05, 0.1) is 13.2 Å². The maximum absolute atomic E-state index is 12.3. The van der Waals surface area contributed by atoms with Gasteiger partial charge in [-0.3, -0.25) is 4.90 Å². The number of hydrogen-bond donors (Lipinski definition) is 0. The molecule has 0 aliphatic heterocycles. The zero-order valence-electron chi connectivity index (χ0n) is 17.0. The normalized spacial score (nSPS) is 12.1. The Morgan fingerprint density at radius 2 is 1.36 bits per heavy atom. The highest BCUT2D eigenvalue weighted by Crippen LogP contribution is 2.14. The Morgan fingerprint density at radius 1 is 0.800 bits per heavy atom. The van der Waals surface area contributed by atoms with E-state index in [4.69, 9.17) is 9.47 Å². The third-order valence-electron chi connectivity index (χ3n) is 4.25. The molecular weight excluding hydrogens is 318 g/mol. The molecule has 0 saturated carbocycles. The van der Waals surface area contributed by atoms with Crippen LogP contribution in [0.15, 0.2) is 0 Å². The number of ether oxygens (including phenoxy) is 2. The quantitative estimate of drug-likeness (QED) is 0.318. The van der Waals surface area contributed by atoms with E-state index in [9.17, 15) is 9.59 Å². The molecule has 0 N–H and O–H groups in total. The van der Waals surface area contributed by atoms with E-state index in [0.717, 1.165) is 19.3 Å². The average Bonchev–Trinajstić information content (AvgIpc) is 2.57. The molecule has 0 radical (unpaired) electrons. The molecule has 0 aromatic rings. The summed E-state index contributed by atoms with van der Waals surface area (Å²) in [7, 11) is 1.60. The van der Waals surface area contributed by atoms with Crippen LogP contribution in [0.3, 0.4) is 0 Å². The summed E-state index contributed by atoms with van der Waals surface area (Å²) >= 11 is 0. The number of carbonyl (C=O) groups is 2. The molecule has 0 saturated heterocycles. The van der Waals surface area contributed by atoms with Crippen molar-refractivity contribution in [1.82, 2.24) is 4.90 Å². The topological polar surface area (TPSA) is 55.8 Å². The summed E-state index contributed by atoms with van der Waals surface area (Å²) in [6, 6.07) is -0.599. The Labute approximate surface area is 154 Å². The number of carbonyl (C=O) groups excluding carboxylic acids is 2. The predicted octanol–water partition coefficient (Wildman–Crippen LogP) is 5.17. The Bertz CT molecular complexity index is 358. The summed E-state index contributed by atoms with van der Waals surface area (Å²) < 4.78 is 10.5. The molecule has 0 aromatic carbocycles. The van der Waals surface area contributed by atoms with Crippen LogP contribution in [0.1, 0.15) is 85.5 Å². The fourth-order valence-electron chi connectivity index (χ4n) is 2.78. The lowest BCUT2D eigenvalue weighted by Gasteiger charge is -2.28. The number of nitrogens with zero attached hydrogens (tertiary/aromatic N) is 1. The summed E-state index contributed by atoms with van der Waals surface area (Å²) in [5, 5.41) is 0. The van der Waals surface area contributed by atoms with Crippen LogP contribution < -0.4 is 0 Å². The average molecular weight is 358 g/mol. The zero-order valence-corrected chi connectivity index (χ0v) is 17.0. The number of rotatable bonds is 14. The highest BCUT2D eigenvalue weighted by molar-refractivity contribution is 5.81. The van der Waals surface area contributed by atoms with Gasteiger partial charge in [0.1, 0.15) is 6.04 Å². The minimum atomic E-state index is -0.599. The fourth-order valence-corrected chi connectivity index (χ4v) is 2.78. The van der Waals surface area contributed by atoms with Gasteiger partial charge in [-0.1, -0.05) is 72.6 Å². The van der Waals surface area contributed by atoms with Crippen LogP contribution in [0.25, 0.3) is 0 Å². The first kappa shape index (κ1) is 23.7. The van der Waals surface area contributed by atoms with Gasteiger partial charge in [0.15, 0.2) is 0 Å². The summed E-state index contributed by atoms with van der Waals surface area (Å²) in [6.07, 6.45) is 9.92. The summed E-state index contributed by atoms with van der Waals surface area (Å²) in [4.78, 5) is 25.7. The first-order chi connectivity index (χ1) is 12.0. The van der Waals surface area contributed by atoms with Crippen LogP contribution in [0.2, 0.25) is 0 Å². The van der Waals surface area contributed by atoms with Crippen LogP contribution in [0, 0.1) is 5.92 Å². The smallest absolute Gasteiger partial charge is 0.410 e. The van der Waals surface area contributed by atoms with Crippen LogP contribution in [-0.4, -0.2) is 43.3 Å². The van der Waals surface area contributed by atoms with Crippen molar-refractivity contribution in [1.29, 1.82) is 0 Å². The van der Waals surface area contributed by atoms with E-state index < -0.39 is 12.1 Å². The molecule has 1 unspecified atom stereocenters. The van der Waals surface area contributed by atoms with E-state index in [1.807, 2.05) is 20.8 Å². The van der Waals surface area contributed by atoms with E-state index in [1.54, 1.807) is 7.05 Å². The number of likely N-dealkylation sites (N-methyl/N-ethyl adjacent to an activating group) is 1. The maximum atomic E-state index is 12.3. The van der Waals surface area contributed by atoms with Gasteiger partial charge >= 0.3 is 12.1 Å². The second-order valence-corrected chi connectivity index (χ2v) is 7.06. The summed E-state index contributed by atoms with van der Waals surface area (Å²) in [5.41, 5.74) is 0. The van der Waals surface area contributed by atoms with Crippen molar-refractivity contribution in [3.63, 3.8) is 0 Å². The molecular formula is C20H39NO4. The van der Waals surface area contributed by atoms with Crippen molar-refractivity contribution in [3.8, 4) is 0 Å². The summed E-state index contributed by atoms with van der Waals surface area (Å²) in [5.74, 6) is -0.362. The van der Waals surface area contributed by atoms with Gasteiger partial charge in [-0.05, 0) is 18.8 Å². The molecule has 0 bridgehead atoms. The Morgan fingerprint density at radius 3 is 1.88 bits per heavy atom. The first-order valence-corrected chi connectivity index (χ1v) is 10.0. The largest absolute Gasteiger partial charge is 0.464 e. The highest BCUT2D eigenvalue weighted by Gasteiger charge is 2.31. The highest BCUT2D eigenvalue weighted by atomic mass is 16.6. The van der Waals surface area contributed by atoms with Crippen molar-refractivity contribution >= 4 is 12.1 Å². The number of hydrogen-bond acceptors (Lipinski definition) is 4. The van der Waals surface area contributed by atoms with Crippen molar-refractivity contribution in [2.75, 3.05) is 20.3 Å². The molecule has 0 aliphatic rings. The van der Waals surface area contributed by atoms with Gasteiger partial charge in [0.25, 0.3) is 0 Å². The van der Waals surface area contributed by atoms with Gasteiger partial charge in [-0.2, -0.15) is 0 Å². The van der Waals surface area contributed by atoms with Gasteiger partial charge in [-0.25, -0.2) is 9.59 Å². The van der Waals surface area contributed by atoms with Crippen LogP contribution >= 0.6 is 0 Å². The monoisotopic (exact) mass is 357 g/mol. The van der Waals surface area contributed by atoms with Crippen LogP contribution in [0.5, 0.6) is 0 Å². The Balaban J connectivity index is 4.07. The van der Waals surface area contributed by atoms with Gasteiger partial charge < -0.3 is 9.47 Å². The molecule has 1 atom stereocenters. The standard InChI is InChI=1S/C20H39NO4/c1-6-8-9-10-11-12-13-14-16-24-19(22)18(17(3)4)21(5)20(23)25-15-7-2/h17-18H,6-16H2,1-5H3. The second kappa shape index (κ2) is 15.0. The van der Waals surface area contributed by atoms with Crippen molar-refractivity contribution in [2.45, 2.75) is 91.5 Å². The number of unbranched alkanes of at least 4 members (excludes halogenated alkanes) is 7. The van der Waals surface area contributed by atoms with Gasteiger partial charge in [-0.15, -0.1) is 0 Å². The maximum Gasteiger partial charge on any atom is 0.410 e. The van der Waals surface area contributed by atoms with E-state index in [2.05, 4.69) is 6.92 Å². The summed E-state index contributed by atoms with van der Waals surface area (Å²) in [6.45, 7) is 8.76. The number of esters is 1. The Hall–Kier alpha value is -1.26. The minimum Gasteiger partial charge on any atom is -0.464 e. The van der Waals surface area contributed by atoms with Crippen LogP contribution in [0.4, 0.5) is 4.79 Å². The van der Waals surface area contributed by atoms with Crippen molar-refractivity contribution < 1.29 is 19.1 Å². The minimum absolute atomic E-state index is 0.0229. The molecule has 1 amide bonds. The second-order valence-electron chi connectivity index (χ2n) is 7.06. The first-order valence-electron chi connectivity index (χ1n) is 10.0. The zero-order chi connectivity index (χ0) is 19.1. The lowest BCUT2D eigenvalue weighted by atomic mass is 10.0. The van der Waals surface area contributed by atoms with E-state index in [-0.39, 0.29) is 11.9 Å². The van der Waals surface area contributed by atoms with Crippen LogP contribution in [-0.2, 0) is 14.3 Å². The van der Waals surface area contributed by atoms with Gasteiger partial charge in [0.2, 0.25) is 0 Å². The Kier molecular flexibility index (Phi) is 14.3. The fraction of sp³-hybridized carbons (Fsp3) is 0.900. The lowest BCUT2D eigenvalue weighted by molar-refractivity contribution is -0.150. The SMILES string of the molecule is CCCCCCCCCCOC(=O)C(C(C)C)N(C)C(=O)OCCC. The molecule has 25 heavy (non-hydrogen) atoms. The molecule has 5 heteroatoms. The van der Waals surface area contributed by atoms with Crippen molar-refractivity contribution in [2.24, 2.45) is 5.92 Å². The van der Waals surface area contributed by atoms with E-state index >= 15 is 0 Å². The number of amides is 1. The predicted molar refractivity (Wildman–Crippen MR) is 102 cm³/mol. The molecule has 0 spiro atoms. The molecule has 5 nitrogen and oxygen atoms in total.